The molecule has 0 aliphatic rings. The van der Waals surface area contributed by atoms with Crippen LogP contribution in [0.4, 0.5) is 23.2 Å². The summed E-state index contributed by atoms with van der Waals surface area (Å²) in [4.78, 5) is 21.2. The predicted molar refractivity (Wildman–Crippen MR) is 86.6 cm³/mol. The van der Waals surface area contributed by atoms with Crippen molar-refractivity contribution in [2.24, 2.45) is 0 Å². The first kappa shape index (κ1) is 20.4. The Morgan fingerprint density at radius 1 is 1.26 bits per heavy atom. The molecule has 0 bridgehead atoms. The fourth-order valence-electron chi connectivity index (χ4n) is 2.45. The van der Waals surface area contributed by atoms with Gasteiger partial charge in [0.05, 0.1) is 23.2 Å². The summed E-state index contributed by atoms with van der Waals surface area (Å²) in [6.07, 6.45) is -7.38. The highest BCUT2D eigenvalue weighted by atomic mass is 35.5. The maximum atomic E-state index is 14.0. The Hall–Kier alpha value is -2.88. The third kappa shape index (κ3) is 4.11. The van der Waals surface area contributed by atoms with E-state index in [-0.39, 0.29) is 16.1 Å². The SMILES string of the molecule is COc1c(-c2ccc(C(F)(F)F)cc2[N+](=O)[O-])cc(Cl)cc1C(F)C(=O)O. The van der Waals surface area contributed by atoms with E-state index in [1.807, 2.05) is 0 Å². The average molecular weight is 408 g/mol. The second-order valence-corrected chi connectivity index (χ2v) is 5.70. The number of carboxylic acids is 1. The van der Waals surface area contributed by atoms with Gasteiger partial charge in [-0.1, -0.05) is 11.6 Å². The van der Waals surface area contributed by atoms with Crippen LogP contribution >= 0.6 is 11.6 Å². The van der Waals surface area contributed by atoms with Gasteiger partial charge in [-0.3, -0.25) is 10.1 Å². The van der Waals surface area contributed by atoms with E-state index in [0.717, 1.165) is 25.3 Å². The van der Waals surface area contributed by atoms with Gasteiger partial charge in [0.1, 0.15) is 5.75 Å². The van der Waals surface area contributed by atoms with Crippen LogP contribution in [0.5, 0.6) is 5.75 Å². The van der Waals surface area contributed by atoms with Crippen molar-refractivity contribution in [2.45, 2.75) is 12.3 Å². The molecule has 0 aromatic heterocycles. The van der Waals surface area contributed by atoms with E-state index in [4.69, 9.17) is 21.4 Å². The van der Waals surface area contributed by atoms with Crippen LogP contribution in [0.15, 0.2) is 30.3 Å². The van der Waals surface area contributed by atoms with Gasteiger partial charge in [-0.2, -0.15) is 13.2 Å². The average Bonchev–Trinajstić information content (AvgIpc) is 2.58. The number of nitro groups is 1. The Morgan fingerprint density at radius 2 is 1.89 bits per heavy atom. The molecule has 11 heteroatoms. The maximum absolute atomic E-state index is 14.0. The normalized spacial score (nSPS) is 12.5. The third-order valence-corrected chi connectivity index (χ3v) is 3.81. The molecule has 1 N–H and O–H groups in total. The van der Waals surface area contributed by atoms with Crippen LogP contribution in [0.3, 0.4) is 0 Å². The molecule has 0 radical (unpaired) electrons. The van der Waals surface area contributed by atoms with Crippen molar-refractivity contribution in [1.82, 2.24) is 0 Å². The minimum atomic E-state index is -4.82. The summed E-state index contributed by atoms with van der Waals surface area (Å²) in [6, 6.07) is 3.80. The number of hydrogen-bond acceptors (Lipinski definition) is 4. The van der Waals surface area contributed by atoms with E-state index < -0.39 is 45.8 Å². The minimum Gasteiger partial charge on any atom is -0.496 e. The number of nitro benzene ring substituents is 1. The van der Waals surface area contributed by atoms with Gasteiger partial charge in [-0.15, -0.1) is 0 Å². The van der Waals surface area contributed by atoms with Gasteiger partial charge in [0.25, 0.3) is 5.69 Å². The zero-order chi connectivity index (χ0) is 20.5. The lowest BCUT2D eigenvalue weighted by Crippen LogP contribution is -2.09. The van der Waals surface area contributed by atoms with E-state index in [9.17, 15) is 32.5 Å². The molecule has 0 amide bonds. The maximum Gasteiger partial charge on any atom is 0.416 e. The summed E-state index contributed by atoms with van der Waals surface area (Å²) in [5, 5.41) is 20.0. The van der Waals surface area contributed by atoms with E-state index >= 15 is 0 Å². The van der Waals surface area contributed by atoms with Crippen LogP contribution in [-0.4, -0.2) is 23.1 Å². The van der Waals surface area contributed by atoms with E-state index in [0.29, 0.717) is 12.1 Å². The molecule has 27 heavy (non-hydrogen) atoms. The zero-order valence-electron chi connectivity index (χ0n) is 13.4. The summed E-state index contributed by atoms with van der Waals surface area (Å²) in [5.74, 6) is -2.25. The lowest BCUT2D eigenvalue weighted by atomic mass is 9.96. The standard InChI is InChI=1S/C16H10ClF4NO5/c1-27-14-10(5-8(17)6-11(14)13(18)15(23)24)9-3-2-7(16(19,20)21)4-12(9)22(25)26/h2-6,13H,1H3,(H,23,24). The van der Waals surface area contributed by atoms with Crippen LogP contribution < -0.4 is 4.74 Å². The van der Waals surface area contributed by atoms with Gasteiger partial charge in [0, 0.05) is 22.2 Å². The number of nitrogens with zero attached hydrogens (tertiary/aromatic N) is 1. The Bertz CT molecular complexity index is 916. The molecule has 1 atom stereocenters. The highest BCUT2D eigenvalue weighted by Crippen LogP contribution is 2.44. The summed E-state index contributed by atoms with van der Waals surface area (Å²) >= 11 is 5.85. The topological polar surface area (TPSA) is 89.7 Å². The van der Waals surface area contributed by atoms with Gasteiger partial charge in [0.2, 0.25) is 6.17 Å². The number of hydrogen-bond donors (Lipinski definition) is 1. The van der Waals surface area contributed by atoms with E-state index in [1.54, 1.807) is 0 Å². The highest BCUT2D eigenvalue weighted by Gasteiger charge is 2.34. The fraction of sp³-hybridized carbons (Fsp3) is 0.188. The second kappa shape index (κ2) is 7.39. The Morgan fingerprint density at radius 3 is 2.37 bits per heavy atom. The van der Waals surface area contributed by atoms with E-state index in [1.165, 1.54) is 0 Å². The molecule has 0 aliphatic carbocycles. The van der Waals surface area contributed by atoms with Gasteiger partial charge in [-0.05, 0) is 24.3 Å². The van der Waals surface area contributed by atoms with Crippen LogP contribution in [0.25, 0.3) is 11.1 Å². The molecule has 0 spiro atoms. The number of aliphatic carboxylic acids is 1. The lowest BCUT2D eigenvalue weighted by Gasteiger charge is -2.16. The Balaban J connectivity index is 2.82. The summed E-state index contributed by atoms with van der Waals surface area (Å²) in [6.45, 7) is 0. The molecule has 0 aliphatic heterocycles. The Labute approximate surface area is 154 Å². The molecule has 6 nitrogen and oxygen atoms in total. The molecule has 0 saturated carbocycles. The van der Waals surface area contributed by atoms with Gasteiger partial charge in [0.15, 0.2) is 0 Å². The van der Waals surface area contributed by atoms with Gasteiger partial charge >= 0.3 is 12.1 Å². The molecule has 1 unspecified atom stereocenters. The van der Waals surface area contributed by atoms with E-state index in [2.05, 4.69) is 0 Å². The van der Waals surface area contributed by atoms with Crippen LogP contribution in [0.1, 0.15) is 17.3 Å². The number of ether oxygens (including phenoxy) is 1. The van der Waals surface area contributed by atoms with Crippen molar-refractivity contribution in [3.05, 3.63) is 56.6 Å². The summed E-state index contributed by atoms with van der Waals surface area (Å²) < 4.78 is 57.6. The molecule has 0 fully saturated rings. The van der Waals surface area contributed by atoms with Crippen LogP contribution in [0, 0.1) is 10.1 Å². The number of alkyl halides is 4. The molecular weight excluding hydrogens is 398 g/mol. The molecule has 2 aromatic rings. The van der Waals surface area contributed by atoms with Gasteiger partial charge < -0.3 is 9.84 Å². The molecular formula is C16H10ClF4NO5. The number of rotatable bonds is 5. The number of halogens is 5. The van der Waals surface area contributed by atoms with Gasteiger partial charge in [-0.25, -0.2) is 9.18 Å². The molecule has 144 valence electrons. The zero-order valence-corrected chi connectivity index (χ0v) is 14.1. The molecule has 2 aromatic carbocycles. The monoisotopic (exact) mass is 407 g/mol. The van der Waals surface area contributed by atoms with Crippen molar-refractivity contribution in [3.8, 4) is 16.9 Å². The predicted octanol–water partition coefficient (Wildman–Crippen LogP) is 5.04. The quantitative estimate of drug-likeness (QED) is 0.426. The fourth-order valence-corrected chi connectivity index (χ4v) is 2.68. The molecule has 0 saturated heterocycles. The van der Waals surface area contributed by atoms with Crippen molar-refractivity contribution in [1.29, 1.82) is 0 Å². The number of carbonyl (C=O) groups is 1. The molecule has 0 heterocycles. The smallest absolute Gasteiger partial charge is 0.416 e. The summed E-state index contributed by atoms with van der Waals surface area (Å²) in [5.41, 5.74) is -3.27. The first-order chi connectivity index (χ1) is 12.5. The largest absolute Gasteiger partial charge is 0.496 e. The Kier molecular flexibility index (Phi) is 5.59. The van der Waals surface area contributed by atoms with Crippen LogP contribution in [-0.2, 0) is 11.0 Å². The lowest BCUT2D eigenvalue weighted by molar-refractivity contribution is -0.384. The highest BCUT2D eigenvalue weighted by molar-refractivity contribution is 6.31. The third-order valence-electron chi connectivity index (χ3n) is 3.59. The number of benzene rings is 2. The van der Waals surface area contributed by atoms with Crippen molar-refractivity contribution in [2.75, 3.05) is 7.11 Å². The van der Waals surface area contributed by atoms with Crippen molar-refractivity contribution >= 4 is 23.3 Å². The minimum absolute atomic E-state index is 0.182. The molecule has 2 rings (SSSR count). The second-order valence-electron chi connectivity index (χ2n) is 5.26. The number of carboxylic acid groups (broad SMARTS) is 1. The first-order valence-corrected chi connectivity index (χ1v) is 7.45. The number of methoxy groups -OCH3 is 1. The van der Waals surface area contributed by atoms with Crippen molar-refractivity contribution < 1.29 is 37.1 Å². The first-order valence-electron chi connectivity index (χ1n) is 7.07. The summed E-state index contributed by atoms with van der Waals surface area (Å²) in [7, 11) is 1.06. The van der Waals surface area contributed by atoms with Crippen molar-refractivity contribution in [3.63, 3.8) is 0 Å². The van der Waals surface area contributed by atoms with Crippen LogP contribution in [0.2, 0.25) is 5.02 Å².